The van der Waals surface area contributed by atoms with Gasteiger partial charge in [0.15, 0.2) is 5.78 Å². The topological polar surface area (TPSA) is 17.1 Å². The van der Waals surface area contributed by atoms with Gasteiger partial charge < -0.3 is 0 Å². The standard InChI is InChI=1S/C6H9BrF2O/c1-6(3-8,4-9)5(10)2-7/h2-4H2,1H3. The lowest BCUT2D eigenvalue weighted by atomic mass is 9.90. The molecule has 0 aliphatic heterocycles. The molecule has 0 aliphatic rings. The summed E-state index contributed by atoms with van der Waals surface area (Å²) in [5, 5.41) is 0.0112. The van der Waals surface area contributed by atoms with Crippen molar-refractivity contribution in [1.29, 1.82) is 0 Å². The summed E-state index contributed by atoms with van der Waals surface area (Å²) in [5.74, 6) is -0.433. The largest absolute Gasteiger partial charge is 0.298 e. The van der Waals surface area contributed by atoms with Crippen LogP contribution < -0.4 is 0 Å². The molecule has 0 aliphatic carbocycles. The Balaban J connectivity index is 4.17. The normalized spacial score (nSPS) is 11.6. The Morgan fingerprint density at radius 3 is 2.00 bits per heavy atom. The molecule has 1 nitrogen and oxygen atoms in total. The van der Waals surface area contributed by atoms with Gasteiger partial charge in [0.05, 0.1) is 10.7 Å². The minimum atomic E-state index is -1.43. The lowest BCUT2D eigenvalue weighted by molar-refractivity contribution is -0.126. The fourth-order valence-corrected chi connectivity index (χ4v) is 1.02. The van der Waals surface area contributed by atoms with Gasteiger partial charge in [-0.3, -0.25) is 4.79 Å². The molecule has 0 bridgehead atoms. The maximum atomic E-state index is 12.0. The van der Waals surface area contributed by atoms with Crippen LogP contribution in [0.3, 0.4) is 0 Å². The van der Waals surface area contributed by atoms with Crippen LogP contribution in [0.4, 0.5) is 8.78 Å². The van der Waals surface area contributed by atoms with Crippen molar-refractivity contribution in [3.8, 4) is 0 Å². The third-order valence-electron chi connectivity index (χ3n) is 1.38. The second-order valence-electron chi connectivity index (χ2n) is 2.38. The van der Waals surface area contributed by atoms with Gasteiger partial charge in [0.25, 0.3) is 0 Å². The Morgan fingerprint density at radius 2 is 1.90 bits per heavy atom. The molecule has 0 aromatic rings. The summed E-state index contributed by atoms with van der Waals surface area (Å²) in [7, 11) is 0. The zero-order valence-corrected chi connectivity index (χ0v) is 7.25. The van der Waals surface area contributed by atoms with Crippen LogP contribution >= 0.6 is 15.9 Å². The molecular weight excluding hydrogens is 206 g/mol. The van der Waals surface area contributed by atoms with Crippen molar-refractivity contribution in [2.45, 2.75) is 6.92 Å². The van der Waals surface area contributed by atoms with E-state index in [0.717, 1.165) is 0 Å². The minimum absolute atomic E-state index is 0.0112. The number of ketones is 1. The van der Waals surface area contributed by atoms with Crippen LogP contribution in [-0.2, 0) is 4.79 Å². The summed E-state index contributed by atoms with van der Waals surface area (Å²) in [6.07, 6.45) is 0. The first-order valence-electron chi connectivity index (χ1n) is 2.82. The smallest absolute Gasteiger partial charge is 0.154 e. The van der Waals surface area contributed by atoms with Gasteiger partial charge in [-0.2, -0.15) is 0 Å². The molecule has 4 heteroatoms. The zero-order chi connectivity index (χ0) is 8.20. The summed E-state index contributed by atoms with van der Waals surface area (Å²) < 4.78 is 24.0. The fraction of sp³-hybridized carbons (Fsp3) is 0.833. The maximum Gasteiger partial charge on any atom is 0.154 e. The molecule has 0 heterocycles. The number of Topliss-reactive ketones (excluding diaryl/α,β-unsaturated/α-hetero) is 1. The van der Waals surface area contributed by atoms with E-state index in [9.17, 15) is 13.6 Å². The second-order valence-corrected chi connectivity index (χ2v) is 2.95. The molecule has 0 fully saturated rings. The Bertz CT molecular complexity index is 123. The summed E-state index contributed by atoms with van der Waals surface area (Å²) in [5.41, 5.74) is -1.43. The molecule has 10 heavy (non-hydrogen) atoms. The highest BCUT2D eigenvalue weighted by molar-refractivity contribution is 9.09. The molecule has 0 N–H and O–H groups in total. The fourth-order valence-electron chi connectivity index (χ4n) is 0.346. The van der Waals surface area contributed by atoms with Gasteiger partial charge in [-0.25, -0.2) is 8.78 Å². The van der Waals surface area contributed by atoms with E-state index in [0.29, 0.717) is 0 Å². The van der Waals surface area contributed by atoms with Crippen LogP contribution in [0.25, 0.3) is 0 Å². The monoisotopic (exact) mass is 214 g/mol. The van der Waals surface area contributed by atoms with E-state index in [-0.39, 0.29) is 5.33 Å². The number of hydrogen-bond acceptors (Lipinski definition) is 1. The lowest BCUT2D eigenvalue weighted by Crippen LogP contribution is -2.33. The van der Waals surface area contributed by atoms with E-state index in [1.165, 1.54) is 6.92 Å². The van der Waals surface area contributed by atoms with Crippen LogP contribution in [0.2, 0.25) is 0 Å². The van der Waals surface area contributed by atoms with Crippen LogP contribution in [0.1, 0.15) is 6.92 Å². The minimum Gasteiger partial charge on any atom is -0.298 e. The van der Waals surface area contributed by atoms with Crippen molar-refractivity contribution in [2.75, 3.05) is 18.7 Å². The highest BCUT2D eigenvalue weighted by Gasteiger charge is 2.32. The van der Waals surface area contributed by atoms with Crippen LogP contribution in [0.5, 0.6) is 0 Å². The van der Waals surface area contributed by atoms with E-state index >= 15 is 0 Å². The number of hydrogen-bond donors (Lipinski definition) is 0. The molecule has 0 saturated carbocycles. The molecule has 0 spiro atoms. The summed E-state index contributed by atoms with van der Waals surface area (Å²) in [6, 6.07) is 0. The van der Waals surface area contributed by atoms with Gasteiger partial charge in [-0.05, 0) is 6.92 Å². The SMILES string of the molecule is CC(CF)(CF)C(=O)CBr. The highest BCUT2D eigenvalue weighted by atomic mass is 79.9. The number of rotatable bonds is 4. The van der Waals surface area contributed by atoms with Crippen LogP contribution in [-0.4, -0.2) is 24.5 Å². The van der Waals surface area contributed by atoms with Crippen molar-refractivity contribution < 1.29 is 13.6 Å². The van der Waals surface area contributed by atoms with Crippen molar-refractivity contribution in [1.82, 2.24) is 0 Å². The van der Waals surface area contributed by atoms with Gasteiger partial charge in [0, 0.05) is 0 Å². The van der Waals surface area contributed by atoms with Crippen molar-refractivity contribution >= 4 is 21.7 Å². The molecule has 0 aromatic carbocycles. The summed E-state index contributed by atoms with van der Waals surface area (Å²) >= 11 is 2.85. The number of alkyl halides is 3. The molecule has 0 rings (SSSR count). The molecule has 60 valence electrons. The van der Waals surface area contributed by atoms with Gasteiger partial charge in [0.2, 0.25) is 0 Å². The zero-order valence-electron chi connectivity index (χ0n) is 5.66. The van der Waals surface area contributed by atoms with Crippen molar-refractivity contribution in [3.63, 3.8) is 0 Å². The van der Waals surface area contributed by atoms with Crippen LogP contribution in [0, 0.1) is 5.41 Å². The number of carbonyl (C=O) groups is 1. The van der Waals surface area contributed by atoms with Gasteiger partial charge in [0.1, 0.15) is 13.3 Å². The molecule has 0 unspecified atom stereocenters. The van der Waals surface area contributed by atoms with Crippen molar-refractivity contribution in [2.24, 2.45) is 5.41 Å². The quantitative estimate of drug-likeness (QED) is 0.654. The van der Waals surface area contributed by atoms with E-state index in [4.69, 9.17) is 0 Å². The molecule has 0 aromatic heterocycles. The first kappa shape index (κ1) is 10.0. The summed E-state index contributed by atoms with van der Waals surface area (Å²) in [6.45, 7) is -0.599. The Morgan fingerprint density at radius 1 is 1.50 bits per heavy atom. The number of carbonyl (C=O) groups excluding carboxylic acids is 1. The van der Waals surface area contributed by atoms with Crippen LogP contribution in [0.15, 0.2) is 0 Å². The van der Waals surface area contributed by atoms with Gasteiger partial charge in [-0.15, -0.1) is 0 Å². The highest BCUT2D eigenvalue weighted by Crippen LogP contribution is 2.19. The average Bonchev–Trinajstić information content (AvgIpc) is 2.01. The molecule has 0 atom stereocenters. The second kappa shape index (κ2) is 4.01. The van der Waals surface area contributed by atoms with E-state index in [1.807, 2.05) is 0 Å². The first-order chi connectivity index (χ1) is 4.60. The maximum absolute atomic E-state index is 12.0. The predicted octanol–water partition coefficient (Wildman–Crippen LogP) is 1.90. The molecular formula is C6H9BrF2O. The van der Waals surface area contributed by atoms with E-state index in [1.54, 1.807) is 0 Å². The molecule has 0 amide bonds. The molecule has 0 saturated heterocycles. The summed E-state index contributed by atoms with van der Waals surface area (Å²) in [4.78, 5) is 10.8. The average molecular weight is 215 g/mol. The van der Waals surface area contributed by atoms with Gasteiger partial charge in [-0.1, -0.05) is 15.9 Å². The third kappa shape index (κ3) is 2.01. The Labute approximate surface area is 66.9 Å². The Kier molecular flexibility index (Phi) is 4.01. The number of halogens is 3. The third-order valence-corrected chi connectivity index (χ3v) is 1.89. The Hall–Kier alpha value is 0.01000. The van der Waals surface area contributed by atoms with E-state index < -0.39 is 24.5 Å². The van der Waals surface area contributed by atoms with E-state index in [2.05, 4.69) is 15.9 Å². The lowest BCUT2D eigenvalue weighted by Gasteiger charge is -2.18. The first-order valence-corrected chi connectivity index (χ1v) is 3.94. The molecule has 0 radical (unpaired) electrons. The van der Waals surface area contributed by atoms with Crippen molar-refractivity contribution in [3.05, 3.63) is 0 Å². The predicted molar refractivity (Wildman–Crippen MR) is 38.9 cm³/mol. The van der Waals surface area contributed by atoms with Gasteiger partial charge >= 0.3 is 0 Å².